The molecule has 2 fully saturated rings. The number of piperidine rings is 1. The summed E-state index contributed by atoms with van der Waals surface area (Å²) in [6.45, 7) is 9.19. The summed E-state index contributed by atoms with van der Waals surface area (Å²) in [6.07, 6.45) is 11.6. The normalized spacial score (nSPS) is 21.9. The lowest BCUT2D eigenvalue weighted by molar-refractivity contribution is -0.123. The van der Waals surface area contributed by atoms with Gasteiger partial charge in [-0.05, 0) is 88.3 Å². The molecule has 0 aromatic heterocycles. The molecule has 0 N–H and O–H groups in total. The Balaban J connectivity index is 1.51. The number of carbonyl (C=O) groups excluding carboxylic acids is 1. The maximum atomic E-state index is 13.3. The van der Waals surface area contributed by atoms with E-state index < -0.39 is 10.0 Å². The maximum absolute atomic E-state index is 13.3. The fourth-order valence-corrected chi connectivity index (χ4v) is 6.95. The highest BCUT2D eigenvalue weighted by Crippen LogP contribution is 2.33. The molecule has 0 bridgehead atoms. The summed E-state index contributed by atoms with van der Waals surface area (Å²) in [5, 5.41) is 0. The highest BCUT2D eigenvalue weighted by Gasteiger charge is 2.41. The van der Waals surface area contributed by atoms with Crippen molar-refractivity contribution in [1.29, 1.82) is 0 Å². The number of sulfonamides is 1. The molecule has 2 heterocycles. The van der Waals surface area contributed by atoms with Crippen LogP contribution in [0, 0.1) is 11.8 Å². The average Bonchev–Trinajstić information content (AvgIpc) is 3.30. The zero-order valence-electron chi connectivity index (χ0n) is 21.9. The summed E-state index contributed by atoms with van der Waals surface area (Å²) in [4.78, 5) is 16.0. The maximum Gasteiger partial charge on any atom is 0.243 e. The molecule has 2 atom stereocenters. The third-order valence-corrected chi connectivity index (χ3v) is 9.40. The van der Waals surface area contributed by atoms with Crippen LogP contribution in [0.4, 0.5) is 0 Å². The number of ketones is 1. The minimum atomic E-state index is -3.62. The molecule has 0 amide bonds. The average molecular weight is 507 g/mol. The van der Waals surface area contributed by atoms with Crippen LogP contribution in [-0.4, -0.2) is 62.7 Å². The van der Waals surface area contributed by atoms with Gasteiger partial charge in [-0.15, -0.1) is 0 Å². The molecule has 0 saturated carbocycles. The first-order valence-electron chi connectivity index (χ1n) is 13.9. The molecule has 198 valence electrons. The molecule has 6 nitrogen and oxygen atoms in total. The van der Waals surface area contributed by atoms with Crippen molar-refractivity contribution in [3.63, 3.8) is 0 Å². The smallest absolute Gasteiger partial charge is 0.243 e. The monoisotopic (exact) mass is 506 g/mol. The molecule has 0 radical (unpaired) electrons. The number of benzene rings is 1. The van der Waals surface area contributed by atoms with E-state index in [2.05, 4.69) is 18.7 Å². The molecule has 1 aromatic rings. The number of nitrogens with zero attached hydrogens (tertiary/aromatic N) is 2. The Kier molecular flexibility index (Phi) is 11.5. The zero-order valence-corrected chi connectivity index (χ0v) is 22.7. The van der Waals surface area contributed by atoms with Crippen molar-refractivity contribution in [3.8, 4) is 5.75 Å². The molecular formula is C28H46N2O4S. The zero-order chi connectivity index (χ0) is 25.1. The van der Waals surface area contributed by atoms with Crippen LogP contribution >= 0.6 is 0 Å². The van der Waals surface area contributed by atoms with Gasteiger partial charge in [0.1, 0.15) is 11.5 Å². The summed E-state index contributed by atoms with van der Waals surface area (Å²) in [5.41, 5.74) is 0. The van der Waals surface area contributed by atoms with Crippen molar-refractivity contribution in [2.24, 2.45) is 11.8 Å². The second-order valence-electron chi connectivity index (χ2n) is 10.3. The number of likely N-dealkylation sites (tertiary alicyclic amines) is 1. The number of unbranched alkanes of at least 4 members (excludes halogenated alkanes) is 3. The van der Waals surface area contributed by atoms with Gasteiger partial charge in [0.15, 0.2) is 0 Å². The Labute approximate surface area is 213 Å². The number of Topliss-reactive ketones (excluding diaryl/α,β-unsaturated/α-hetero) is 1. The van der Waals surface area contributed by atoms with E-state index in [9.17, 15) is 13.2 Å². The standard InChI is InChI=1S/C28H46N2O4S/c1-3-5-21-34-25-14-16-26(17-15-25)35(32,33)30-22-24(12-4-2)27(23-30)28(31)13-8-6-9-18-29-19-10-7-11-20-29/h14-17,24,27H,3-13,18-23H2,1-2H3/t24-,27?/m0/s1. The van der Waals surface area contributed by atoms with E-state index in [1.54, 1.807) is 28.6 Å². The predicted molar refractivity (Wildman–Crippen MR) is 141 cm³/mol. The molecule has 1 aromatic carbocycles. The van der Waals surface area contributed by atoms with E-state index >= 15 is 0 Å². The lowest BCUT2D eigenvalue weighted by atomic mass is 9.86. The molecule has 1 unspecified atom stereocenters. The van der Waals surface area contributed by atoms with Crippen molar-refractivity contribution in [2.75, 3.05) is 39.3 Å². The van der Waals surface area contributed by atoms with E-state index in [1.807, 2.05) is 0 Å². The van der Waals surface area contributed by atoms with Gasteiger partial charge in [-0.2, -0.15) is 4.31 Å². The van der Waals surface area contributed by atoms with E-state index in [1.165, 1.54) is 32.4 Å². The van der Waals surface area contributed by atoms with Gasteiger partial charge >= 0.3 is 0 Å². The molecule has 35 heavy (non-hydrogen) atoms. The fraction of sp³-hybridized carbons (Fsp3) is 0.750. The number of rotatable bonds is 15. The Morgan fingerprint density at radius 1 is 0.943 bits per heavy atom. The number of carbonyl (C=O) groups is 1. The minimum Gasteiger partial charge on any atom is -0.494 e. The summed E-state index contributed by atoms with van der Waals surface area (Å²) in [5.74, 6) is 0.880. The van der Waals surface area contributed by atoms with Crippen LogP contribution in [0.1, 0.15) is 84.5 Å². The highest BCUT2D eigenvalue weighted by atomic mass is 32.2. The molecule has 2 aliphatic rings. The first-order chi connectivity index (χ1) is 17.0. The Bertz CT molecular complexity index is 865. The fourth-order valence-electron chi connectivity index (χ4n) is 5.43. The predicted octanol–water partition coefficient (Wildman–Crippen LogP) is 5.52. The van der Waals surface area contributed by atoms with Crippen molar-refractivity contribution >= 4 is 15.8 Å². The van der Waals surface area contributed by atoms with Gasteiger partial charge in [0.25, 0.3) is 0 Å². The first kappa shape index (κ1) is 28.1. The summed E-state index contributed by atoms with van der Waals surface area (Å²) < 4.78 is 33.9. The van der Waals surface area contributed by atoms with Crippen molar-refractivity contribution in [2.45, 2.75) is 89.4 Å². The number of hydrogen-bond donors (Lipinski definition) is 0. The first-order valence-corrected chi connectivity index (χ1v) is 15.4. The Morgan fingerprint density at radius 2 is 1.69 bits per heavy atom. The number of hydrogen-bond acceptors (Lipinski definition) is 5. The summed E-state index contributed by atoms with van der Waals surface area (Å²) in [6, 6.07) is 6.72. The summed E-state index contributed by atoms with van der Waals surface area (Å²) in [7, 11) is -3.62. The molecule has 2 saturated heterocycles. The highest BCUT2D eigenvalue weighted by molar-refractivity contribution is 7.89. The SMILES string of the molecule is CCCCOc1ccc(S(=O)(=O)N2CC(C(=O)CCCCCN3CCCCC3)[C@@H](CCC)C2)cc1. The van der Waals surface area contributed by atoms with Crippen molar-refractivity contribution in [1.82, 2.24) is 9.21 Å². The third kappa shape index (κ3) is 8.29. The Morgan fingerprint density at radius 3 is 2.37 bits per heavy atom. The quantitative estimate of drug-likeness (QED) is 0.293. The van der Waals surface area contributed by atoms with Gasteiger partial charge in [0.2, 0.25) is 10.0 Å². The second-order valence-corrected chi connectivity index (χ2v) is 12.3. The minimum absolute atomic E-state index is 0.118. The van der Waals surface area contributed by atoms with Gasteiger partial charge in [0, 0.05) is 25.4 Å². The molecule has 2 aliphatic heterocycles. The van der Waals surface area contributed by atoms with Crippen LogP contribution in [0.5, 0.6) is 5.75 Å². The lowest BCUT2D eigenvalue weighted by Gasteiger charge is -2.26. The van der Waals surface area contributed by atoms with Gasteiger partial charge in [0.05, 0.1) is 11.5 Å². The van der Waals surface area contributed by atoms with Crippen LogP contribution in [0.3, 0.4) is 0 Å². The Hall–Kier alpha value is -1.44. The van der Waals surface area contributed by atoms with Gasteiger partial charge in [-0.1, -0.05) is 39.5 Å². The van der Waals surface area contributed by atoms with Gasteiger partial charge in [-0.25, -0.2) is 8.42 Å². The topological polar surface area (TPSA) is 66.9 Å². The van der Waals surface area contributed by atoms with E-state index in [-0.39, 0.29) is 22.5 Å². The lowest BCUT2D eigenvalue weighted by Crippen LogP contribution is -2.30. The van der Waals surface area contributed by atoms with Crippen LogP contribution in [0.15, 0.2) is 29.2 Å². The molecule has 0 aliphatic carbocycles. The molecule has 0 spiro atoms. The summed E-state index contributed by atoms with van der Waals surface area (Å²) >= 11 is 0. The molecular weight excluding hydrogens is 460 g/mol. The second kappa shape index (κ2) is 14.3. The van der Waals surface area contributed by atoms with Crippen LogP contribution in [-0.2, 0) is 14.8 Å². The van der Waals surface area contributed by atoms with Crippen LogP contribution in [0.2, 0.25) is 0 Å². The van der Waals surface area contributed by atoms with Crippen molar-refractivity contribution < 1.29 is 17.9 Å². The van der Waals surface area contributed by atoms with Crippen LogP contribution < -0.4 is 4.74 Å². The van der Waals surface area contributed by atoms with Crippen LogP contribution in [0.25, 0.3) is 0 Å². The van der Waals surface area contributed by atoms with E-state index in [0.29, 0.717) is 31.9 Å². The van der Waals surface area contributed by atoms with E-state index in [0.717, 1.165) is 51.5 Å². The van der Waals surface area contributed by atoms with Gasteiger partial charge in [-0.3, -0.25) is 4.79 Å². The van der Waals surface area contributed by atoms with Crippen molar-refractivity contribution in [3.05, 3.63) is 24.3 Å². The molecule has 7 heteroatoms. The van der Waals surface area contributed by atoms with Gasteiger partial charge < -0.3 is 9.64 Å². The molecule has 3 rings (SSSR count). The van der Waals surface area contributed by atoms with E-state index in [4.69, 9.17) is 4.74 Å². The largest absolute Gasteiger partial charge is 0.494 e. The third-order valence-electron chi connectivity index (χ3n) is 7.55. The number of ether oxygens (including phenoxy) is 1.